The molecule has 1 fully saturated rings. The summed E-state index contributed by atoms with van der Waals surface area (Å²) in [6.07, 6.45) is 0. The van der Waals surface area contributed by atoms with Crippen LogP contribution in [0.2, 0.25) is 0 Å². The van der Waals surface area contributed by atoms with Gasteiger partial charge in [-0.2, -0.15) is 0 Å². The quantitative estimate of drug-likeness (QED) is 0.740. The molecule has 1 amide bonds. The molecule has 1 aliphatic rings. The second kappa shape index (κ2) is 4.22. The van der Waals surface area contributed by atoms with Crippen molar-refractivity contribution in [2.45, 2.75) is 6.92 Å². The van der Waals surface area contributed by atoms with Crippen molar-refractivity contribution in [3.8, 4) is 0 Å². The van der Waals surface area contributed by atoms with Crippen molar-refractivity contribution in [3.05, 3.63) is 26.9 Å². The topological polar surface area (TPSA) is 33.2 Å². The zero-order valence-electron chi connectivity index (χ0n) is 8.20. The van der Waals surface area contributed by atoms with Gasteiger partial charge in [0, 0.05) is 18.7 Å². The molecule has 1 aliphatic heterocycles. The Labute approximate surface area is 105 Å². The second-order valence-corrected chi connectivity index (χ2v) is 5.44. The van der Waals surface area contributed by atoms with Gasteiger partial charge in [0.1, 0.15) is 9.21 Å². The van der Waals surface area contributed by atoms with E-state index in [2.05, 4.69) is 43.8 Å². The Morgan fingerprint density at radius 1 is 1.40 bits per heavy atom. The summed E-state index contributed by atoms with van der Waals surface area (Å²) in [7, 11) is 0. The van der Waals surface area contributed by atoms with Gasteiger partial charge in [0.15, 0.2) is 0 Å². The van der Waals surface area contributed by atoms with Crippen molar-refractivity contribution in [3.63, 3.8) is 0 Å². The van der Waals surface area contributed by atoms with Gasteiger partial charge in [-0.05, 0) is 49.9 Å². The molecule has 0 saturated carbocycles. The van der Waals surface area contributed by atoms with Crippen LogP contribution in [0.3, 0.4) is 0 Å². The highest BCUT2D eigenvalue weighted by atomic mass is 79.9. The minimum atomic E-state index is 0.0805. The van der Waals surface area contributed by atoms with Crippen LogP contribution >= 0.6 is 31.9 Å². The molecule has 5 heteroatoms. The van der Waals surface area contributed by atoms with E-state index >= 15 is 0 Å². The average molecular weight is 334 g/mol. The molecule has 0 bridgehead atoms. The van der Waals surface area contributed by atoms with Crippen molar-refractivity contribution in [1.82, 2.24) is 9.88 Å². The van der Waals surface area contributed by atoms with Crippen LogP contribution in [0.25, 0.3) is 0 Å². The second-order valence-electron chi connectivity index (χ2n) is 3.82. The van der Waals surface area contributed by atoms with Gasteiger partial charge in [-0.15, -0.1) is 0 Å². The van der Waals surface area contributed by atoms with Crippen LogP contribution in [0.15, 0.2) is 21.3 Å². The fraction of sp³-hybridized carbons (Fsp3) is 0.400. The van der Waals surface area contributed by atoms with Crippen LogP contribution in [-0.2, 0) is 0 Å². The first-order valence-electron chi connectivity index (χ1n) is 4.68. The number of aromatic nitrogens is 1. The Morgan fingerprint density at radius 2 is 1.93 bits per heavy atom. The SMILES string of the molecule is CC1CN(C(=O)c2cc(Br)nc(Br)c2)C1. The molecule has 0 N–H and O–H groups in total. The first-order chi connectivity index (χ1) is 7.06. The normalized spacial score (nSPS) is 16.3. The van der Waals surface area contributed by atoms with Crippen molar-refractivity contribution < 1.29 is 4.79 Å². The van der Waals surface area contributed by atoms with E-state index in [0.29, 0.717) is 20.7 Å². The maximum Gasteiger partial charge on any atom is 0.254 e. The summed E-state index contributed by atoms with van der Waals surface area (Å²) < 4.78 is 1.35. The van der Waals surface area contributed by atoms with Gasteiger partial charge in [0.25, 0.3) is 5.91 Å². The Morgan fingerprint density at radius 3 is 2.40 bits per heavy atom. The van der Waals surface area contributed by atoms with Crippen LogP contribution in [0.1, 0.15) is 17.3 Å². The molecule has 2 heterocycles. The fourth-order valence-electron chi connectivity index (χ4n) is 1.64. The van der Waals surface area contributed by atoms with E-state index in [0.717, 1.165) is 13.1 Å². The summed E-state index contributed by atoms with van der Waals surface area (Å²) in [5.74, 6) is 0.708. The molecule has 80 valence electrons. The Kier molecular flexibility index (Phi) is 3.11. The zero-order valence-corrected chi connectivity index (χ0v) is 11.4. The van der Waals surface area contributed by atoms with E-state index in [1.807, 2.05) is 4.90 Å². The van der Waals surface area contributed by atoms with Gasteiger partial charge in [0.05, 0.1) is 0 Å². The van der Waals surface area contributed by atoms with Gasteiger partial charge < -0.3 is 4.90 Å². The van der Waals surface area contributed by atoms with Crippen LogP contribution < -0.4 is 0 Å². The maximum absolute atomic E-state index is 11.9. The third-order valence-electron chi connectivity index (χ3n) is 2.36. The monoisotopic (exact) mass is 332 g/mol. The first kappa shape index (κ1) is 11.1. The summed E-state index contributed by atoms with van der Waals surface area (Å²) in [5.41, 5.74) is 0.677. The summed E-state index contributed by atoms with van der Waals surface area (Å²) in [6, 6.07) is 3.49. The van der Waals surface area contributed by atoms with Gasteiger partial charge in [0.2, 0.25) is 0 Å². The predicted octanol–water partition coefficient (Wildman–Crippen LogP) is 2.70. The Hall–Kier alpha value is -0.420. The number of carbonyl (C=O) groups is 1. The van der Waals surface area contributed by atoms with Gasteiger partial charge >= 0.3 is 0 Å². The lowest BCUT2D eigenvalue weighted by Gasteiger charge is -2.37. The molecule has 0 unspecified atom stereocenters. The third kappa shape index (κ3) is 2.39. The Balaban J connectivity index is 2.18. The number of amides is 1. The molecule has 2 rings (SSSR count). The molecule has 0 atom stereocenters. The Bertz CT molecular complexity index is 382. The van der Waals surface area contributed by atoms with E-state index < -0.39 is 0 Å². The molecular weight excluding hydrogens is 324 g/mol. The van der Waals surface area contributed by atoms with Crippen LogP contribution in [0.5, 0.6) is 0 Å². The molecule has 0 spiro atoms. The molecule has 0 aromatic carbocycles. The summed E-state index contributed by atoms with van der Waals surface area (Å²) >= 11 is 6.54. The number of likely N-dealkylation sites (tertiary alicyclic amines) is 1. The third-order valence-corrected chi connectivity index (χ3v) is 3.17. The van der Waals surface area contributed by atoms with Crippen molar-refractivity contribution in [2.75, 3.05) is 13.1 Å². The molecule has 1 aromatic rings. The number of pyridine rings is 1. The van der Waals surface area contributed by atoms with E-state index in [9.17, 15) is 4.79 Å². The highest BCUT2D eigenvalue weighted by Crippen LogP contribution is 2.21. The fourth-order valence-corrected chi connectivity index (χ4v) is 2.75. The molecule has 0 aliphatic carbocycles. The van der Waals surface area contributed by atoms with Crippen LogP contribution in [0, 0.1) is 5.92 Å². The molecular formula is C10H10Br2N2O. The lowest BCUT2D eigenvalue weighted by molar-refractivity contribution is 0.0530. The summed E-state index contributed by atoms with van der Waals surface area (Å²) in [4.78, 5) is 17.9. The highest BCUT2D eigenvalue weighted by molar-refractivity contribution is 9.11. The van der Waals surface area contributed by atoms with E-state index in [1.165, 1.54) is 0 Å². The molecule has 1 aromatic heterocycles. The number of carbonyl (C=O) groups excluding carboxylic acids is 1. The standard InChI is InChI=1S/C10H10Br2N2O/c1-6-4-14(5-6)10(15)7-2-8(11)13-9(12)3-7/h2-3,6H,4-5H2,1H3. The van der Waals surface area contributed by atoms with Gasteiger partial charge in [-0.3, -0.25) is 4.79 Å². The summed E-state index contributed by atoms with van der Waals surface area (Å²) in [6.45, 7) is 3.86. The zero-order chi connectivity index (χ0) is 11.0. The predicted molar refractivity (Wildman–Crippen MR) is 64.7 cm³/mol. The maximum atomic E-state index is 11.9. The lowest BCUT2D eigenvalue weighted by atomic mass is 10.0. The van der Waals surface area contributed by atoms with Crippen molar-refractivity contribution in [2.24, 2.45) is 5.92 Å². The van der Waals surface area contributed by atoms with Gasteiger partial charge in [-0.25, -0.2) is 4.98 Å². The number of hydrogen-bond donors (Lipinski definition) is 0. The summed E-state index contributed by atoms with van der Waals surface area (Å²) in [5, 5.41) is 0. The van der Waals surface area contributed by atoms with Gasteiger partial charge in [-0.1, -0.05) is 6.92 Å². The largest absolute Gasteiger partial charge is 0.338 e. The molecule has 15 heavy (non-hydrogen) atoms. The minimum Gasteiger partial charge on any atom is -0.338 e. The smallest absolute Gasteiger partial charge is 0.254 e. The number of halogens is 2. The first-order valence-corrected chi connectivity index (χ1v) is 6.27. The molecule has 3 nitrogen and oxygen atoms in total. The van der Waals surface area contributed by atoms with Crippen LogP contribution in [0.4, 0.5) is 0 Å². The molecule has 1 saturated heterocycles. The minimum absolute atomic E-state index is 0.0805. The lowest BCUT2D eigenvalue weighted by Crippen LogP contribution is -2.48. The highest BCUT2D eigenvalue weighted by Gasteiger charge is 2.28. The number of nitrogens with zero attached hydrogens (tertiary/aromatic N) is 2. The number of hydrogen-bond acceptors (Lipinski definition) is 2. The molecule has 0 radical (unpaired) electrons. The average Bonchev–Trinajstić information content (AvgIpc) is 2.10. The van der Waals surface area contributed by atoms with E-state index in [1.54, 1.807) is 12.1 Å². The van der Waals surface area contributed by atoms with Crippen LogP contribution in [-0.4, -0.2) is 28.9 Å². The van der Waals surface area contributed by atoms with Crippen molar-refractivity contribution in [1.29, 1.82) is 0 Å². The number of rotatable bonds is 1. The van der Waals surface area contributed by atoms with Crippen molar-refractivity contribution >= 4 is 37.8 Å². The van der Waals surface area contributed by atoms with E-state index in [-0.39, 0.29) is 5.91 Å². The van der Waals surface area contributed by atoms with E-state index in [4.69, 9.17) is 0 Å².